The van der Waals surface area contributed by atoms with Gasteiger partial charge in [-0.25, -0.2) is 13.2 Å². The third-order valence-electron chi connectivity index (χ3n) is 10.3. The first-order valence-electron chi connectivity index (χ1n) is 15.7. The van der Waals surface area contributed by atoms with E-state index in [1.54, 1.807) is 4.90 Å². The number of halogens is 3. The molecule has 10 nitrogen and oxygen atoms in total. The van der Waals surface area contributed by atoms with Crippen LogP contribution in [-0.4, -0.2) is 104 Å². The number of benzene rings is 2. The van der Waals surface area contributed by atoms with Crippen LogP contribution >= 0.6 is 0 Å². The van der Waals surface area contributed by atoms with Crippen molar-refractivity contribution >= 4 is 33.4 Å². The zero-order valence-corrected chi connectivity index (χ0v) is 25.3. The standard InChI is InChI=1S/C34H31F3N6O4/c1-2-23-26(36)5-4-18-8-22(45)10-24(28(18)23)30-29(37)31-25(12-38-30)32(43-15-20-9-21(43)14-42(20)27(46)16-44)40-33(39-31)47-17-34-6-3-7-41(34)13-19(35)11-34/h1,4-5,8,10,12,19-21,44-45H,3,6-7,9,11,13-17H2/t19-,20+,21+,34+/m1/s1. The lowest BCUT2D eigenvalue weighted by molar-refractivity contribution is -0.135. The third kappa shape index (κ3) is 4.64. The van der Waals surface area contributed by atoms with Crippen molar-refractivity contribution < 1.29 is 32.9 Å². The molecule has 1 amide bonds. The normalized spacial score (nSPS) is 25.2. The molecule has 0 aliphatic carbocycles. The Balaban J connectivity index is 1.26. The van der Waals surface area contributed by atoms with Crippen molar-refractivity contribution in [2.24, 2.45) is 0 Å². The van der Waals surface area contributed by atoms with Crippen molar-refractivity contribution in [3.63, 3.8) is 0 Å². The van der Waals surface area contributed by atoms with Crippen molar-refractivity contribution in [3.05, 3.63) is 47.7 Å². The van der Waals surface area contributed by atoms with Gasteiger partial charge in [0.05, 0.1) is 28.6 Å². The Hall–Kier alpha value is -4.67. The SMILES string of the molecule is C#Cc1c(F)ccc2cc(O)cc(-c3ncc4c(N5C[C@@H]6C[C@H]5CN6C(=O)CO)nc(OC[C@@]56CCCN5C[C@H](F)C6)nc4c3F)c12. The summed E-state index contributed by atoms with van der Waals surface area (Å²) >= 11 is 0. The zero-order chi connectivity index (χ0) is 32.6. The number of anilines is 1. The average Bonchev–Trinajstić information content (AvgIpc) is 3.83. The first kappa shape index (κ1) is 29.7. The molecule has 2 N–H and O–H groups in total. The van der Waals surface area contributed by atoms with Crippen molar-refractivity contribution in [1.82, 2.24) is 24.8 Å². The van der Waals surface area contributed by atoms with Crippen LogP contribution in [0.1, 0.15) is 31.2 Å². The Morgan fingerprint density at radius 1 is 1.17 bits per heavy atom. The second-order valence-corrected chi connectivity index (χ2v) is 12.9. The number of fused-ring (bicyclic) bond motifs is 5. The van der Waals surface area contributed by atoms with Crippen LogP contribution in [-0.2, 0) is 4.79 Å². The molecule has 2 aromatic heterocycles. The lowest BCUT2D eigenvalue weighted by Gasteiger charge is -2.35. The second-order valence-electron chi connectivity index (χ2n) is 12.9. The molecule has 13 heteroatoms. The fourth-order valence-corrected chi connectivity index (χ4v) is 8.22. The molecular weight excluding hydrogens is 613 g/mol. The van der Waals surface area contributed by atoms with Crippen LogP contribution in [0.25, 0.3) is 32.9 Å². The van der Waals surface area contributed by atoms with E-state index in [-0.39, 0.29) is 64.1 Å². The number of carbonyl (C=O) groups excluding carboxylic acids is 1. The van der Waals surface area contributed by atoms with Gasteiger partial charge in [-0.05, 0) is 49.4 Å². The maximum atomic E-state index is 16.8. The molecule has 2 aromatic carbocycles. The van der Waals surface area contributed by atoms with E-state index < -0.39 is 30.0 Å². The highest BCUT2D eigenvalue weighted by Gasteiger charge is 2.50. The van der Waals surface area contributed by atoms with Crippen LogP contribution in [0.4, 0.5) is 19.0 Å². The predicted octanol–water partition coefficient (Wildman–Crippen LogP) is 3.55. The molecule has 4 atom stereocenters. The molecule has 4 aromatic rings. The number of aliphatic hydroxyl groups is 1. The van der Waals surface area contributed by atoms with Crippen LogP contribution in [0.15, 0.2) is 30.5 Å². The van der Waals surface area contributed by atoms with Crippen LogP contribution in [0.3, 0.4) is 0 Å². The number of likely N-dealkylation sites (tertiary alicyclic amines) is 1. The summed E-state index contributed by atoms with van der Waals surface area (Å²) in [5.74, 6) is 0.660. The molecule has 4 aliphatic rings. The molecular formula is C34H31F3N6O4. The summed E-state index contributed by atoms with van der Waals surface area (Å²) in [5, 5.41) is 20.9. The van der Waals surface area contributed by atoms with Gasteiger partial charge in [-0.15, -0.1) is 6.42 Å². The van der Waals surface area contributed by atoms with Crippen LogP contribution in [0.2, 0.25) is 0 Å². The van der Waals surface area contributed by atoms with Gasteiger partial charge >= 0.3 is 6.01 Å². The van der Waals surface area contributed by atoms with E-state index in [0.29, 0.717) is 49.1 Å². The number of phenolic OH excluding ortho intramolecular Hbond substituents is 1. The van der Waals surface area contributed by atoms with Gasteiger partial charge < -0.3 is 24.7 Å². The summed E-state index contributed by atoms with van der Waals surface area (Å²) in [7, 11) is 0. The minimum absolute atomic E-state index is 0.0886. The number of nitrogens with zero attached hydrogens (tertiary/aromatic N) is 6. The van der Waals surface area contributed by atoms with Crippen molar-refractivity contribution in [2.75, 3.05) is 44.3 Å². The number of aromatic hydroxyl groups is 1. The Morgan fingerprint density at radius 3 is 2.79 bits per heavy atom. The Kier molecular flexibility index (Phi) is 6.93. The third-order valence-corrected chi connectivity index (χ3v) is 10.3. The topological polar surface area (TPSA) is 115 Å². The lowest BCUT2D eigenvalue weighted by Crippen LogP contribution is -2.50. The molecule has 242 valence electrons. The minimum Gasteiger partial charge on any atom is -0.508 e. The van der Waals surface area contributed by atoms with E-state index in [1.165, 1.54) is 30.5 Å². The summed E-state index contributed by atoms with van der Waals surface area (Å²) < 4.78 is 52.3. The average molecular weight is 645 g/mol. The Bertz CT molecular complexity index is 2010. The summed E-state index contributed by atoms with van der Waals surface area (Å²) in [4.78, 5) is 31.7. The molecule has 8 rings (SSSR count). The summed E-state index contributed by atoms with van der Waals surface area (Å²) in [6.45, 7) is 1.43. The number of alkyl halides is 1. The molecule has 2 bridgehead atoms. The van der Waals surface area contributed by atoms with E-state index in [1.807, 2.05) is 4.90 Å². The zero-order valence-electron chi connectivity index (χ0n) is 25.3. The predicted molar refractivity (Wildman–Crippen MR) is 167 cm³/mol. The summed E-state index contributed by atoms with van der Waals surface area (Å²) in [6, 6.07) is 4.94. The number of terminal acetylenes is 1. The smallest absolute Gasteiger partial charge is 0.319 e. The van der Waals surface area contributed by atoms with Crippen LogP contribution in [0.5, 0.6) is 11.8 Å². The number of piperazine rings is 1. The van der Waals surface area contributed by atoms with Gasteiger partial charge in [-0.2, -0.15) is 9.97 Å². The fourth-order valence-electron chi connectivity index (χ4n) is 8.22. The number of ether oxygens (including phenoxy) is 1. The van der Waals surface area contributed by atoms with Gasteiger partial charge in [-0.1, -0.05) is 12.0 Å². The van der Waals surface area contributed by atoms with Crippen LogP contribution in [0, 0.1) is 24.0 Å². The summed E-state index contributed by atoms with van der Waals surface area (Å²) in [5.41, 5.74) is -0.798. The Morgan fingerprint density at radius 2 is 2.02 bits per heavy atom. The number of aromatic nitrogens is 3. The van der Waals surface area contributed by atoms with E-state index in [4.69, 9.17) is 16.1 Å². The largest absolute Gasteiger partial charge is 0.508 e. The monoisotopic (exact) mass is 644 g/mol. The van der Waals surface area contributed by atoms with Crippen molar-refractivity contribution in [3.8, 4) is 35.4 Å². The number of rotatable bonds is 6. The van der Waals surface area contributed by atoms with Gasteiger partial charge in [0.1, 0.15) is 48.0 Å². The number of pyridine rings is 1. The van der Waals surface area contributed by atoms with Crippen molar-refractivity contribution in [2.45, 2.75) is 49.5 Å². The highest BCUT2D eigenvalue weighted by atomic mass is 19.1. The number of carbonyl (C=O) groups is 1. The lowest BCUT2D eigenvalue weighted by atomic mass is 9.95. The highest BCUT2D eigenvalue weighted by Crippen LogP contribution is 2.43. The number of phenols is 1. The molecule has 0 spiro atoms. The molecule has 4 aliphatic heterocycles. The van der Waals surface area contributed by atoms with Gasteiger partial charge in [0.25, 0.3) is 0 Å². The summed E-state index contributed by atoms with van der Waals surface area (Å²) in [6.07, 6.45) is 8.79. The molecule has 4 fully saturated rings. The molecule has 0 unspecified atom stereocenters. The number of hydrogen-bond acceptors (Lipinski definition) is 9. The van der Waals surface area contributed by atoms with Gasteiger partial charge in [-0.3, -0.25) is 14.7 Å². The van der Waals surface area contributed by atoms with Gasteiger partial charge in [0.2, 0.25) is 5.91 Å². The number of amides is 1. The first-order valence-corrected chi connectivity index (χ1v) is 15.7. The van der Waals surface area contributed by atoms with Gasteiger partial charge in [0.15, 0.2) is 5.82 Å². The second kappa shape index (κ2) is 11.0. The molecule has 0 saturated carbocycles. The van der Waals surface area contributed by atoms with Crippen LogP contribution < -0.4 is 9.64 Å². The van der Waals surface area contributed by atoms with E-state index in [2.05, 4.69) is 20.8 Å². The molecule has 47 heavy (non-hydrogen) atoms. The van der Waals surface area contributed by atoms with E-state index in [0.717, 1.165) is 19.4 Å². The number of hydrogen-bond donors (Lipinski definition) is 2. The van der Waals surface area contributed by atoms with Crippen molar-refractivity contribution in [1.29, 1.82) is 0 Å². The quantitative estimate of drug-likeness (QED) is 0.304. The molecule has 6 heterocycles. The van der Waals surface area contributed by atoms with E-state index >= 15 is 4.39 Å². The number of aliphatic hydroxyl groups excluding tert-OH is 1. The molecule has 0 radical (unpaired) electrons. The maximum absolute atomic E-state index is 16.8. The maximum Gasteiger partial charge on any atom is 0.319 e. The minimum atomic E-state index is -0.961. The first-order chi connectivity index (χ1) is 22.7. The highest BCUT2D eigenvalue weighted by molar-refractivity contribution is 6.03. The molecule has 4 saturated heterocycles. The van der Waals surface area contributed by atoms with E-state index in [9.17, 15) is 23.8 Å². The Labute approximate surface area is 267 Å². The van der Waals surface area contributed by atoms with Gasteiger partial charge in [0, 0.05) is 43.2 Å². The fraction of sp³-hybridized carbons (Fsp3) is 0.412.